The first kappa shape index (κ1) is 55.1. The Morgan fingerprint density at radius 1 is 0.905 bits per heavy atom. The summed E-state index contributed by atoms with van der Waals surface area (Å²) in [4.78, 5) is 77.0. The molecule has 0 radical (unpaired) electrons. The van der Waals surface area contributed by atoms with Crippen LogP contribution in [0.1, 0.15) is 83.0 Å². The van der Waals surface area contributed by atoms with Crippen molar-refractivity contribution in [3.05, 3.63) is 108 Å². The lowest BCUT2D eigenvalue weighted by Gasteiger charge is -2.30. The van der Waals surface area contributed by atoms with Crippen LogP contribution in [-0.4, -0.2) is 124 Å². The number of thioether (sulfide) groups is 1. The van der Waals surface area contributed by atoms with E-state index in [1.807, 2.05) is 87.9 Å². The van der Waals surface area contributed by atoms with Crippen molar-refractivity contribution in [2.24, 2.45) is 0 Å². The van der Waals surface area contributed by atoms with Crippen LogP contribution in [0, 0.1) is 0 Å². The number of rotatable bonds is 26. The fraction of sp³-hybridized carbons (Fsp3) is 0.426. The summed E-state index contributed by atoms with van der Waals surface area (Å²) >= 11 is 8.41. The topological polar surface area (TPSA) is 236 Å². The number of aromatic nitrogens is 3. The van der Waals surface area contributed by atoms with E-state index in [4.69, 9.17) is 16.3 Å². The third-order valence-corrected chi connectivity index (χ3v) is 14.6. The molecule has 20 heteroatoms. The zero-order valence-electron chi connectivity index (χ0n) is 42.7. The third-order valence-electron chi connectivity index (χ3n) is 12.9. The van der Waals surface area contributed by atoms with Gasteiger partial charge in [-0.05, 0) is 122 Å². The number of benzene rings is 3. The van der Waals surface area contributed by atoms with E-state index >= 15 is 0 Å². The summed E-state index contributed by atoms with van der Waals surface area (Å²) in [6.45, 7) is 10.6. The van der Waals surface area contributed by atoms with E-state index in [1.54, 1.807) is 54.7 Å². The number of para-hydroxylation sites is 1. The fourth-order valence-electron chi connectivity index (χ4n) is 8.73. The maximum absolute atomic E-state index is 13.2. The van der Waals surface area contributed by atoms with E-state index in [2.05, 4.69) is 57.5 Å². The lowest BCUT2D eigenvalue weighted by Crippen LogP contribution is -2.45. The highest BCUT2D eigenvalue weighted by molar-refractivity contribution is 8.00. The van der Waals surface area contributed by atoms with Crippen LogP contribution in [0.4, 0.5) is 32.6 Å². The second-order valence-electron chi connectivity index (χ2n) is 20.0. The highest BCUT2D eigenvalue weighted by Crippen LogP contribution is 2.34. The molecule has 2 aliphatic rings. The van der Waals surface area contributed by atoms with Gasteiger partial charge in [-0.1, -0.05) is 48.4 Å². The van der Waals surface area contributed by atoms with Crippen molar-refractivity contribution in [1.82, 2.24) is 46.4 Å². The maximum atomic E-state index is 13.2. The highest BCUT2D eigenvalue weighted by Gasteiger charge is 2.42. The van der Waals surface area contributed by atoms with Gasteiger partial charge in [0.15, 0.2) is 0 Å². The van der Waals surface area contributed by atoms with Crippen LogP contribution in [0.15, 0.2) is 97.3 Å². The van der Waals surface area contributed by atoms with Crippen molar-refractivity contribution < 1.29 is 28.7 Å². The lowest BCUT2D eigenvalue weighted by molar-refractivity contribution is -0.123. The second kappa shape index (κ2) is 26.0. The van der Waals surface area contributed by atoms with E-state index < -0.39 is 11.1 Å². The maximum Gasteiger partial charge on any atom is 0.315 e. The molecule has 5 aromatic rings. The van der Waals surface area contributed by atoms with Gasteiger partial charge in [0.2, 0.25) is 17.8 Å². The molecule has 394 valence electrons. The zero-order valence-corrected chi connectivity index (χ0v) is 44.3. The molecule has 0 spiro atoms. The van der Waals surface area contributed by atoms with E-state index in [0.29, 0.717) is 96.6 Å². The molecule has 3 atom stereocenters. The van der Waals surface area contributed by atoms with E-state index in [1.165, 1.54) is 6.08 Å². The van der Waals surface area contributed by atoms with Gasteiger partial charge in [-0.25, -0.2) is 19.6 Å². The second-order valence-corrected chi connectivity index (χ2v) is 21.7. The molecule has 2 aromatic heterocycles. The number of ether oxygens (including phenoxy) is 1. The summed E-state index contributed by atoms with van der Waals surface area (Å²) in [7, 11) is 1.94. The number of nitrogens with zero attached hydrogens (tertiary/aromatic N) is 3. The van der Waals surface area contributed by atoms with Crippen LogP contribution in [0.5, 0.6) is 0 Å². The molecular weight excluding hydrogens is 980 g/mol. The largest absolute Gasteiger partial charge is 0.375 e. The monoisotopic (exact) mass is 1050 g/mol. The summed E-state index contributed by atoms with van der Waals surface area (Å²) in [5.41, 5.74) is 3.72. The smallest absolute Gasteiger partial charge is 0.315 e. The van der Waals surface area contributed by atoms with Gasteiger partial charge < -0.3 is 57.2 Å². The Kier molecular flexibility index (Phi) is 19.4. The predicted octanol–water partition coefficient (Wildman–Crippen LogP) is 8.59. The molecule has 2 saturated heterocycles. The minimum atomic E-state index is -0.465. The average Bonchev–Trinajstić information content (AvgIpc) is 4.06. The van der Waals surface area contributed by atoms with Crippen molar-refractivity contribution in [3.8, 4) is 11.3 Å². The third kappa shape index (κ3) is 16.7. The van der Waals surface area contributed by atoms with Gasteiger partial charge >= 0.3 is 12.1 Å². The number of hydrogen-bond donors (Lipinski definition) is 9. The van der Waals surface area contributed by atoms with Gasteiger partial charge in [0.25, 0.3) is 5.91 Å². The number of aromatic amines is 1. The number of halogens is 1. The predicted molar refractivity (Wildman–Crippen MR) is 295 cm³/mol. The Hall–Kier alpha value is -6.67. The van der Waals surface area contributed by atoms with E-state index in [9.17, 15) is 24.0 Å². The number of fused-ring (bicyclic) bond motifs is 2. The Labute approximate surface area is 442 Å². The molecule has 0 aliphatic carbocycles. The van der Waals surface area contributed by atoms with Gasteiger partial charge in [0.05, 0.1) is 34.6 Å². The lowest BCUT2D eigenvalue weighted by atomic mass is 9.99. The number of unbranched alkanes of at least 4 members (excludes halogenated alkanes) is 1. The number of likely N-dealkylation sites (N-methyl/N-ethyl adjacent to an activating group) is 1. The van der Waals surface area contributed by atoms with Gasteiger partial charge in [0, 0.05) is 101 Å². The van der Waals surface area contributed by atoms with Crippen LogP contribution in [0.25, 0.3) is 22.2 Å². The molecule has 0 bridgehead atoms. The Morgan fingerprint density at radius 3 is 2.51 bits per heavy atom. The first-order valence-electron chi connectivity index (χ1n) is 25.2. The molecule has 2 fully saturated rings. The molecule has 9 N–H and O–H groups in total. The normalized spacial score (nSPS) is 16.4. The molecule has 4 heterocycles. The molecule has 0 saturated carbocycles. The number of anilines is 4. The van der Waals surface area contributed by atoms with E-state index in [0.717, 1.165) is 47.9 Å². The average molecular weight is 1050 g/mol. The van der Waals surface area contributed by atoms with Crippen LogP contribution < -0.4 is 42.5 Å². The molecule has 3 aromatic carbocycles. The Bertz CT molecular complexity index is 2770. The summed E-state index contributed by atoms with van der Waals surface area (Å²) < 4.78 is 6.17. The summed E-state index contributed by atoms with van der Waals surface area (Å²) in [5.74, 6) is 0.701. The first-order valence-corrected chi connectivity index (χ1v) is 26.6. The van der Waals surface area contributed by atoms with Crippen molar-refractivity contribution in [2.45, 2.75) is 101 Å². The molecule has 3 unspecified atom stereocenters. The highest BCUT2D eigenvalue weighted by atomic mass is 35.5. The van der Waals surface area contributed by atoms with Gasteiger partial charge in [-0.15, -0.1) is 0 Å². The first-order chi connectivity index (χ1) is 35.5. The van der Waals surface area contributed by atoms with Crippen LogP contribution in [-0.2, 0) is 14.3 Å². The molecule has 74 heavy (non-hydrogen) atoms. The van der Waals surface area contributed by atoms with Gasteiger partial charge in [0.1, 0.15) is 0 Å². The molecule has 7 rings (SSSR count). The quantitative estimate of drug-likeness (QED) is 0.0145. The van der Waals surface area contributed by atoms with Gasteiger partial charge in [-0.3, -0.25) is 14.4 Å². The standard InChI is InChI=1S/C54H69ClN12O6S/c1-53(2,66-46(69)18-9-8-17-44-48-43(34-74-44)63-52(72)65-48)25-30-73-54(3,4)24-27-57-51(71)56-26-12-29-67(5)28-11-19-45(68)60-36-22-20-35(21-23-36)49(70)61-37-13-10-14-38(31-37)62-50-59-33-41(55)47(64-50)40-32-58-42-16-7-6-15-39(40)42/h6-7,10-11,13-16,19-23,31-33,43-44,48,58H,8-9,12,17-18,24-30,34H2,1-5H3,(H,60,68)(H,61,70)(H,66,69)(H2,56,57,71)(H,59,62,64)(H2,63,65,72)/b19-11+. The molecule has 18 nitrogen and oxygen atoms in total. The SMILES string of the molecule is CN(C/C=C/C(=O)Nc1ccc(C(=O)Nc2cccc(Nc3ncc(Cl)c(-c4c[nH]c5ccccc45)n3)c2)cc1)CCCNC(=O)NCCC(C)(C)OCCC(C)(C)NC(=O)CCCCC1SCC2NC(=O)NC21. The minimum Gasteiger partial charge on any atom is -0.375 e. The minimum absolute atomic E-state index is 0.0336. The Morgan fingerprint density at radius 2 is 1.69 bits per heavy atom. The number of carbonyl (C=O) groups excluding carboxylic acids is 5. The molecule has 7 amide bonds. The van der Waals surface area contributed by atoms with Crippen LogP contribution >= 0.6 is 23.4 Å². The fourth-order valence-corrected chi connectivity index (χ4v) is 10.5. The van der Waals surface area contributed by atoms with Crippen molar-refractivity contribution in [1.29, 1.82) is 0 Å². The number of urea groups is 2. The summed E-state index contributed by atoms with van der Waals surface area (Å²) in [6.07, 6.45) is 11.9. The number of carbonyl (C=O) groups is 5. The zero-order chi connectivity index (χ0) is 52.7. The summed E-state index contributed by atoms with van der Waals surface area (Å²) in [6, 6.07) is 21.8. The van der Waals surface area contributed by atoms with Crippen molar-refractivity contribution >= 4 is 87.1 Å². The Balaban J connectivity index is 0.713. The molecule has 2 aliphatic heterocycles. The number of nitrogens with one attached hydrogen (secondary N) is 9. The van der Waals surface area contributed by atoms with Crippen LogP contribution in [0.3, 0.4) is 0 Å². The number of hydrogen-bond acceptors (Lipinski definition) is 11. The molecular formula is C54H69ClN12O6S. The van der Waals surface area contributed by atoms with Gasteiger partial charge in [-0.2, -0.15) is 11.8 Å². The number of amides is 7. The van der Waals surface area contributed by atoms with Crippen LogP contribution in [0.2, 0.25) is 5.02 Å². The number of H-pyrrole nitrogens is 1. The van der Waals surface area contributed by atoms with Crippen molar-refractivity contribution in [3.63, 3.8) is 0 Å². The van der Waals surface area contributed by atoms with E-state index in [-0.39, 0.29) is 41.9 Å². The van der Waals surface area contributed by atoms with Crippen molar-refractivity contribution in [2.75, 3.05) is 61.5 Å². The summed E-state index contributed by atoms with van der Waals surface area (Å²) in [5, 5.41) is 25.7.